The largest absolute Gasteiger partial charge is 0.355 e. The highest BCUT2D eigenvalue weighted by Crippen LogP contribution is 2.38. The Hall–Kier alpha value is -3.88. The average molecular weight is 486 g/mol. The lowest BCUT2D eigenvalue weighted by molar-refractivity contribution is 0.249. The van der Waals surface area contributed by atoms with E-state index in [-0.39, 0.29) is 0 Å². The first-order valence-electron chi connectivity index (χ1n) is 13.5. The van der Waals surface area contributed by atoms with Crippen LogP contribution in [0.3, 0.4) is 0 Å². The van der Waals surface area contributed by atoms with Crippen molar-refractivity contribution in [1.29, 1.82) is 5.26 Å². The topological polar surface area (TPSA) is 47.6 Å². The lowest BCUT2D eigenvalue weighted by Gasteiger charge is -2.38. The van der Waals surface area contributed by atoms with Crippen LogP contribution in [0.25, 0.3) is 27.5 Å². The van der Waals surface area contributed by atoms with Gasteiger partial charge in [-0.05, 0) is 77.8 Å². The predicted octanol–water partition coefficient (Wildman–Crippen LogP) is 6.02. The third-order valence-corrected chi connectivity index (χ3v) is 8.48. The maximum atomic E-state index is 10.2. The molecule has 3 aromatic carbocycles. The second-order valence-electron chi connectivity index (χ2n) is 10.6. The van der Waals surface area contributed by atoms with Crippen LogP contribution < -0.4 is 4.90 Å². The number of para-hydroxylation sites is 2. The van der Waals surface area contributed by atoms with Gasteiger partial charge in [-0.3, -0.25) is 9.30 Å². The maximum absolute atomic E-state index is 10.2. The van der Waals surface area contributed by atoms with Crippen molar-refractivity contribution in [3.05, 3.63) is 88.5 Å². The maximum Gasteiger partial charge on any atom is 0.157 e. The first-order valence-corrected chi connectivity index (χ1v) is 13.5. The monoisotopic (exact) mass is 485 g/mol. The Bertz CT molecular complexity index is 1700. The van der Waals surface area contributed by atoms with E-state index in [1.165, 1.54) is 45.3 Å². The van der Waals surface area contributed by atoms with Gasteiger partial charge in [0.15, 0.2) is 5.65 Å². The number of benzene rings is 3. The molecule has 7 rings (SSSR count). The van der Waals surface area contributed by atoms with E-state index in [9.17, 15) is 5.26 Å². The number of fused-ring (bicyclic) bond motifs is 5. The number of pyridine rings is 1. The quantitative estimate of drug-likeness (QED) is 0.313. The molecule has 5 aromatic rings. The van der Waals surface area contributed by atoms with Crippen LogP contribution in [0.2, 0.25) is 0 Å². The molecule has 1 saturated heterocycles. The zero-order valence-corrected chi connectivity index (χ0v) is 21.4. The van der Waals surface area contributed by atoms with Crippen LogP contribution in [-0.2, 0) is 19.4 Å². The number of hydrogen-bond acceptors (Lipinski definition) is 4. The van der Waals surface area contributed by atoms with Crippen LogP contribution >= 0.6 is 0 Å². The van der Waals surface area contributed by atoms with E-state index in [1.807, 2.05) is 6.07 Å². The van der Waals surface area contributed by atoms with Gasteiger partial charge in [-0.25, -0.2) is 4.98 Å². The summed E-state index contributed by atoms with van der Waals surface area (Å²) < 4.78 is 2.29. The summed E-state index contributed by atoms with van der Waals surface area (Å²) in [6.07, 6.45) is 4.35. The van der Waals surface area contributed by atoms with Crippen molar-refractivity contribution in [2.75, 3.05) is 31.1 Å². The molecule has 2 aliphatic rings. The summed E-state index contributed by atoms with van der Waals surface area (Å²) in [7, 11) is 0. The fraction of sp³-hybridized carbons (Fsp3) is 0.312. The molecule has 5 nitrogen and oxygen atoms in total. The van der Waals surface area contributed by atoms with Gasteiger partial charge in [0.25, 0.3) is 0 Å². The van der Waals surface area contributed by atoms with Crippen molar-refractivity contribution in [2.45, 2.75) is 39.2 Å². The zero-order chi connectivity index (χ0) is 24.9. The van der Waals surface area contributed by atoms with Gasteiger partial charge in [-0.1, -0.05) is 48.5 Å². The van der Waals surface area contributed by atoms with E-state index in [2.05, 4.69) is 81.8 Å². The molecule has 1 aliphatic carbocycles. The molecule has 0 bridgehead atoms. The predicted molar refractivity (Wildman–Crippen MR) is 150 cm³/mol. The highest BCUT2D eigenvalue weighted by Gasteiger charge is 2.29. The van der Waals surface area contributed by atoms with Gasteiger partial charge in [0.2, 0.25) is 0 Å². The van der Waals surface area contributed by atoms with Crippen molar-refractivity contribution in [3.8, 4) is 6.07 Å². The Balaban J connectivity index is 1.26. The third kappa shape index (κ3) is 3.59. The van der Waals surface area contributed by atoms with E-state index in [1.54, 1.807) is 0 Å². The first-order chi connectivity index (χ1) is 18.2. The molecule has 0 saturated carbocycles. The Morgan fingerprint density at radius 1 is 0.865 bits per heavy atom. The smallest absolute Gasteiger partial charge is 0.157 e. The van der Waals surface area contributed by atoms with Crippen molar-refractivity contribution in [3.63, 3.8) is 0 Å². The minimum atomic E-state index is 0.778. The number of aryl methyl sites for hydroxylation is 1. The van der Waals surface area contributed by atoms with Crippen LogP contribution in [0.15, 0.2) is 60.7 Å². The van der Waals surface area contributed by atoms with Crippen LogP contribution in [0.1, 0.15) is 40.7 Å². The first kappa shape index (κ1) is 22.3. The molecule has 5 heteroatoms. The number of nitrogens with zero attached hydrogens (tertiary/aromatic N) is 5. The van der Waals surface area contributed by atoms with Crippen molar-refractivity contribution in [1.82, 2.24) is 14.3 Å². The van der Waals surface area contributed by atoms with Crippen molar-refractivity contribution < 1.29 is 0 Å². The highest BCUT2D eigenvalue weighted by molar-refractivity contribution is 5.87. The minimum Gasteiger partial charge on any atom is -0.355 e. The summed E-state index contributed by atoms with van der Waals surface area (Å²) in [5, 5.41) is 12.9. The molecule has 37 heavy (non-hydrogen) atoms. The van der Waals surface area contributed by atoms with Gasteiger partial charge < -0.3 is 4.90 Å². The molecule has 1 fully saturated rings. The fourth-order valence-electron chi connectivity index (χ4n) is 6.55. The lowest BCUT2D eigenvalue weighted by Crippen LogP contribution is -2.47. The van der Waals surface area contributed by atoms with Gasteiger partial charge in [0.1, 0.15) is 11.9 Å². The molecule has 0 N–H and O–H groups in total. The number of nitriles is 1. The van der Waals surface area contributed by atoms with Gasteiger partial charge >= 0.3 is 0 Å². The van der Waals surface area contributed by atoms with E-state index in [0.717, 1.165) is 74.2 Å². The second kappa shape index (κ2) is 8.90. The normalized spacial score (nSPS) is 16.4. The molecule has 0 spiro atoms. The van der Waals surface area contributed by atoms with Crippen LogP contribution in [0.5, 0.6) is 0 Å². The SMILES string of the molecule is Cc1ccc2ccccc2c1CN1CCN(c2c3c(c(C#N)c4nc5ccccc5n24)CCCC3)CC1. The van der Waals surface area contributed by atoms with Crippen LogP contribution in [0, 0.1) is 18.3 Å². The van der Waals surface area contributed by atoms with Gasteiger partial charge in [0.05, 0.1) is 16.6 Å². The van der Waals surface area contributed by atoms with E-state index in [4.69, 9.17) is 4.98 Å². The summed E-state index contributed by atoms with van der Waals surface area (Å²) in [6.45, 7) is 7.21. The number of hydrogen-bond donors (Lipinski definition) is 0. The molecule has 3 heterocycles. The van der Waals surface area contributed by atoms with Crippen molar-refractivity contribution >= 4 is 33.3 Å². The van der Waals surface area contributed by atoms with Crippen LogP contribution in [-0.4, -0.2) is 40.5 Å². The fourth-order valence-corrected chi connectivity index (χ4v) is 6.55. The Labute approximate surface area is 217 Å². The molecule has 0 atom stereocenters. The molecule has 0 unspecified atom stereocenters. The molecule has 0 amide bonds. The number of imidazole rings is 1. The molecule has 184 valence electrons. The van der Waals surface area contributed by atoms with E-state index in [0.29, 0.717) is 0 Å². The molecular formula is C32H31N5. The standard InChI is InChI=1S/C32H31N5/c1-22-14-15-23-8-2-3-9-24(23)28(22)21-35-16-18-36(19-17-35)32-26-11-5-4-10-25(26)27(20-33)31-34-29-12-6-7-13-30(29)37(31)32/h2-3,6-9,12-15H,4-5,10-11,16-19,21H2,1H3. The molecule has 2 aromatic heterocycles. The number of rotatable bonds is 3. The second-order valence-corrected chi connectivity index (χ2v) is 10.6. The minimum absolute atomic E-state index is 0.778. The molecule has 0 radical (unpaired) electrons. The number of aromatic nitrogens is 2. The molecule has 1 aliphatic heterocycles. The Morgan fingerprint density at radius 3 is 2.46 bits per heavy atom. The third-order valence-electron chi connectivity index (χ3n) is 8.48. The summed E-state index contributed by atoms with van der Waals surface area (Å²) >= 11 is 0. The van der Waals surface area contributed by atoms with Gasteiger partial charge in [-0.2, -0.15) is 5.26 Å². The summed E-state index contributed by atoms with van der Waals surface area (Å²) in [4.78, 5) is 10.1. The van der Waals surface area contributed by atoms with Gasteiger partial charge in [0, 0.05) is 32.7 Å². The lowest BCUT2D eigenvalue weighted by atomic mass is 9.88. The van der Waals surface area contributed by atoms with Gasteiger partial charge in [-0.15, -0.1) is 0 Å². The summed E-state index contributed by atoms with van der Waals surface area (Å²) in [5.41, 5.74) is 9.10. The summed E-state index contributed by atoms with van der Waals surface area (Å²) in [6, 6.07) is 24.1. The van der Waals surface area contributed by atoms with Crippen LogP contribution in [0.4, 0.5) is 5.82 Å². The Kier molecular flexibility index (Phi) is 5.37. The number of anilines is 1. The Morgan fingerprint density at radius 2 is 1.62 bits per heavy atom. The summed E-state index contributed by atoms with van der Waals surface area (Å²) in [5.74, 6) is 1.28. The average Bonchev–Trinajstić information content (AvgIpc) is 3.33. The molecular weight excluding hydrogens is 454 g/mol. The van der Waals surface area contributed by atoms with E-state index >= 15 is 0 Å². The highest BCUT2D eigenvalue weighted by atomic mass is 15.3. The zero-order valence-electron chi connectivity index (χ0n) is 21.4. The number of piperazine rings is 1. The van der Waals surface area contributed by atoms with E-state index < -0.39 is 0 Å². The van der Waals surface area contributed by atoms with Crippen molar-refractivity contribution in [2.24, 2.45) is 0 Å².